The fourth-order valence-electron chi connectivity index (χ4n) is 1.47. The van der Waals surface area contributed by atoms with Gasteiger partial charge in [-0.3, -0.25) is 4.79 Å². The molecule has 0 bridgehead atoms. The third-order valence-electron chi connectivity index (χ3n) is 2.56. The Bertz CT molecular complexity index is 489. The summed E-state index contributed by atoms with van der Waals surface area (Å²) in [5, 5.41) is 13.3. The molecule has 7 heteroatoms. The van der Waals surface area contributed by atoms with Crippen LogP contribution in [0, 0.1) is 0 Å². The van der Waals surface area contributed by atoms with Gasteiger partial charge in [-0.05, 0) is 12.5 Å². The molecule has 0 radical (unpaired) electrons. The normalized spacial score (nSPS) is 12.9. The maximum atomic E-state index is 11.7. The van der Waals surface area contributed by atoms with Crippen LogP contribution >= 0.6 is 0 Å². The Kier molecular flexibility index (Phi) is 5.52. The van der Waals surface area contributed by atoms with Gasteiger partial charge in [0.25, 0.3) is 0 Å². The Labute approximate surface area is 115 Å². The van der Waals surface area contributed by atoms with Crippen LogP contribution in [-0.4, -0.2) is 36.2 Å². The second kappa shape index (κ2) is 7.13. The van der Waals surface area contributed by atoms with Crippen molar-refractivity contribution in [3.63, 3.8) is 0 Å². The first kappa shape index (κ1) is 15.5. The molecule has 0 spiro atoms. The molecule has 1 aromatic carbocycles. The van der Waals surface area contributed by atoms with E-state index in [2.05, 4.69) is 15.4 Å². The minimum absolute atomic E-state index is 0.539. The number of urea groups is 1. The molecule has 0 saturated heterocycles. The van der Waals surface area contributed by atoms with E-state index in [9.17, 15) is 14.4 Å². The summed E-state index contributed by atoms with van der Waals surface area (Å²) in [7, 11) is 1.21. The van der Waals surface area contributed by atoms with Crippen LogP contribution in [-0.2, 0) is 14.3 Å². The number of ether oxygens (including phenoxy) is 1. The Morgan fingerprint density at radius 3 is 2.25 bits per heavy atom. The third-order valence-corrected chi connectivity index (χ3v) is 2.56. The van der Waals surface area contributed by atoms with Gasteiger partial charge in [0.15, 0.2) is 6.04 Å². The second-order valence-electron chi connectivity index (χ2n) is 4.04. The van der Waals surface area contributed by atoms with Crippen molar-refractivity contribution in [2.45, 2.75) is 19.0 Å². The van der Waals surface area contributed by atoms with E-state index in [1.165, 1.54) is 14.0 Å². The number of carbonyl (C=O) groups excluding carboxylic acids is 2. The van der Waals surface area contributed by atoms with Crippen molar-refractivity contribution in [1.82, 2.24) is 10.6 Å². The van der Waals surface area contributed by atoms with Crippen LogP contribution in [0.5, 0.6) is 0 Å². The molecule has 0 fully saturated rings. The number of hydrogen-bond donors (Lipinski definition) is 3. The number of hydrogen-bond acceptors (Lipinski definition) is 4. The van der Waals surface area contributed by atoms with Gasteiger partial charge in [-0.15, -0.1) is 0 Å². The quantitative estimate of drug-likeness (QED) is 0.688. The zero-order valence-corrected chi connectivity index (χ0v) is 11.1. The molecule has 1 aromatic rings. The number of carboxylic acid groups (broad SMARTS) is 1. The summed E-state index contributed by atoms with van der Waals surface area (Å²) < 4.78 is 4.62. The van der Waals surface area contributed by atoms with Crippen LogP contribution in [0.25, 0.3) is 0 Å². The van der Waals surface area contributed by atoms with Crippen LogP contribution in [0.2, 0.25) is 0 Å². The molecular formula is C13H16N2O5. The van der Waals surface area contributed by atoms with Crippen molar-refractivity contribution in [1.29, 1.82) is 0 Å². The maximum Gasteiger partial charge on any atom is 0.333 e. The van der Waals surface area contributed by atoms with Crippen molar-refractivity contribution in [3.05, 3.63) is 35.9 Å². The summed E-state index contributed by atoms with van der Waals surface area (Å²) in [4.78, 5) is 34.0. The van der Waals surface area contributed by atoms with Crippen molar-refractivity contribution in [3.8, 4) is 0 Å². The van der Waals surface area contributed by atoms with Crippen molar-refractivity contribution < 1.29 is 24.2 Å². The van der Waals surface area contributed by atoms with Gasteiger partial charge in [0.05, 0.1) is 7.11 Å². The largest absolute Gasteiger partial charge is 0.480 e. The highest BCUT2D eigenvalue weighted by Gasteiger charge is 2.24. The van der Waals surface area contributed by atoms with Gasteiger partial charge in [0, 0.05) is 0 Å². The molecule has 3 N–H and O–H groups in total. The summed E-state index contributed by atoms with van der Waals surface area (Å²) >= 11 is 0. The minimum Gasteiger partial charge on any atom is -0.480 e. The molecule has 108 valence electrons. The molecule has 0 saturated carbocycles. The number of carbonyl (C=O) groups is 3. The van der Waals surface area contributed by atoms with Crippen molar-refractivity contribution in [2.75, 3.05) is 7.11 Å². The van der Waals surface area contributed by atoms with Crippen molar-refractivity contribution >= 4 is 18.0 Å². The highest BCUT2D eigenvalue weighted by atomic mass is 16.5. The highest BCUT2D eigenvalue weighted by molar-refractivity contribution is 5.87. The molecule has 1 unspecified atom stereocenters. The highest BCUT2D eigenvalue weighted by Crippen LogP contribution is 2.13. The SMILES string of the molecule is COC(=O)C(NC(=O)N[C@H](C)C(=O)O)c1ccccc1. The Hall–Kier alpha value is -2.57. The van der Waals surface area contributed by atoms with E-state index in [1.807, 2.05) is 0 Å². The maximum absolute atomic E-state index is 11.7. The summed E-state index contributed by atoms with van der Waals surface area (Å²) in [6.45, 7) is 1.32. The lowest BCUT2D eigenvalue weighted by atomic mass is 10.1. The fourth-order valence-corrected chi connectivity index (χ4v) is 1.47. The summed E-state index contributed by atoms with van der Waals surface area (Å²) in [6.07, 6.45) is 0. The molecule has 0 aliphatic rings. The Morgan fingerprint density at radius 1 is 1.15 bits per heavy atom. The van der Waals surface area contributed by atoms with Gasteiger partial charge in [-0.2, -0.15) is 0 Å². The molecule has 2 amide bonds. The van der Waals surface area contributed by atoms with E-state index in [1.54, 1.807) is 30.3 Å². The number of nitrogens with one attached hydrogen (secondary N) is 2. The number of esters is 1. The Morgan fingerprint density at radius 2 is 1.75 bits per heavy atom. The number of benzene rings is 1. The van der Waals surface area contributed by atoms with Crippen LogP contribution < -0.4 is 10.6 Å². The van der Waals surface area contributed by atoms with Gasteiger partial charge in [0.2, 0.25) is 0 Å². The average molecular weight is 280 g/mol. The van der Waals surface area contributed by atoms with Crippen LogP contribution in [0.3, 0.4) is 0 Å². The standard InChI is InChI=1S/C13H16N2O5/c1-8(11(16)17)14-13(19)15-10(12(18)20-2)9-6-4-3-5-7-9/h3-8,10H,1-2H3,(H,16,17)(H2,14,15,19)/t8-,10?/m1/s1. The van der Waals surface area contributed by atoms with Crippen molar-refractivity contribution in [2.24, 2.45) is 0 Å². The first-order valence-electron chi connectivity index (χ1n) is 5.88. The predicted molar refractivity (Wildman–Crippen MR) is 70.0 cm³/mol. The van der Waals surface area contributed by atoms with Crippen LogP contribution in [0.4, 0.5) is 4.79 Å². The van der Waals surface area contributed by atoms with E-state index in [0.29, 0.717) is 5.56 Å². The van der Waals surface area contributed by atoms with E-state index < -0.39 is 30.1 Å². The van der Waals surface area contributed by atoms with E-state index in [0.717, 1.165) is 0 Å². The smallest absolute Gasteiger partial charge is 0.333 e. The molecule has 20 heavy (non-hydrogen) atoms. The van der Waals surface area contributed by atoms with Gasteiger partial charge >= 0.3 is 18.0 Å². The number of rotatable bonds is 5. The van der Waals surface area contributed by atoms with Gasteiger partial charge in [-0.1, -0.05) is 30.3 Å². The molecule has 7 nitrogen and oxygen atoms in total. The molecule has 1 rings (SSSR count). The molecular weight excluding hydrogens is 264 g/mol. The van der Waals surface area contributed by atoms with Gasteiger partial charge in [-0.25, -0.2) is 9.59 Å². The van der Waals surface area contributed by atoms with Crippen LogP contribution in [0.1, 0.15) is 18.5 Å². The minimum atomic E-state index is -1.17. The summed E-state index contributed by atoms with van der Waals surface area (Å²) in [5.41, 5.74) is 0.539. The lowest BCUT2D eigenvalue weighted by Gasteiger charge is -2.18. The van der Waals surface area contributed by atoms with E-state index in [-0.39, 0.29) is 0 Å². The van der Waals surface area contributed by atoms with Gasteiger partial charge in [0.1, 0.15) is 6.04 Å². The lowest BCUT2D eigenvalue weighted by Crippen LogP contribution is -2.47. The second-order valence-corrected chi connectivity index (χ2v) is 4.04. The molecule has 0 aromatic heterocycles. The predicted octanol–water partition coefficient (Wildman–Crippen LogP) is 0.673. The zero-order valence-electron chi connectivity index (χ0n) is 11.1. The zero-order chi connectivity index (χ0) is 15.1. The monoisotopic (exact) mass is 280 g/mol. The number of methoxy groups -OCH3 is 1. The number of aliphatic carboxylic acids is 1. The number of amides is 2. The third kappa shape index (κ3) is 4.27. The molecule has 0 aliphatic heterocycles. The van der Waals surface area contributed by atoms with Crippen LogP contribution in [0.15, 0.2) is 30.3 Å². The first-order valence-corrected chi connectivity index (χ1v) is 5.88. The molecule has 0 heterocycles. The molecule has 2 atom stereocenters. The topological polar surface area (TPSA) is 105 Å². The van der Waals surface area contributed by atoms with Gasteiger partial charge < -0.3 is 20.5 Å². The first-order chi connectivity index (χ1) is 9.45. The van der Waals surface area contributed by atoms with E-state index >= 15 is 0 Å². The lowest BCUT2D eigenvalue weighted by molar-refractivity contribution is -0.143. The fraction of sp³-hybridized carbons (Fsp3) is 0.308. The molecule has 0 aliphatic carbocycles. The average Bonchev–Trinajstić information content (AvgIpc) is 2.44. The number of carboxylic acids is 1. The summed E-state index contributed by atoms with van der Waals surface area (Å²) in [6, 6.07) is 5.68. The Balaban J connectivity index is 2.79. The van der Waals surface area contributed by atoms with E-state index in [4.69, 9.17) is 5.11 Å². The summed E-state index contributed by atoms with van der Waals surface area (Å²) in [5.74, 6) is -1.82.